The van der Waals surface area contributed by atoms with Crippen LogP contribution in [0.2, 0.25) is 0 Å². The molecule has 4 rings (SSSR count). The van der Waals surface area contributed by atoms with Gasteiger partial charge in [0.2, 0.25) is 11.8 Å². The van der Waals surface area contributed by atoms with Crippen LogP contribution < -0.4 is 5.32 Å². The molecule has 2 fully saturated rings. The number of imide groups is 2. The SMILES string of the molecule is O=C(O)CN1CCN(CCc2cccc3c2C(=O)N(C2CCC(=O)NC2=O)C3=O)CC1. The number of rotatable bonds is 6. The Bertz CT molecular complexity index is 953. The Balaban J connectivity index is 1.44. The number of nitrogens with one attached hydrogen (secondary N) is 1. The van der Waals surface area contributed by atoms with Gasteiger partial charge in [-0.25, -0.2) is 0 Å². The molecular weight excluding hydrogens is 404 g/mol. The minimum absolute atomic E-state index is 0.0345. The van der Waals surface area contributed by atoms with Crippen LogP contribution >= 0.6 is 0 Å². The Labute approximate surface area is 178 Å². The Hall–Kier alpha value is -3.11. The van der Waals surface area contributed by atoms with Crippen molar-refractivity contribution in [1.29, 1.82) is 0 Å². The third kappa shape index (κ3) is 4.21. The molecule has 0 spiro atoms. The molecule has 0 aliphatic carbocycles. The number of piperidine rings is 1. The average Bonchev–Trinajstić information content (AvgIpc) is 2.98. The summed E-state index contributed by atoms with van der Waals surface area (Å²) >= 11 is 0. The summed E-state index contributed by atoms with van der Waals surface area (Å²) in [5.41, 5.74) is 1.37. The standard InChI is InChI=1S/C21H24N4O6/c26-16-5-4-15(19(29)22-16)25-20(30)14-3-1-2-13(18(14)21(25)31)6-7-23-8-10-24(11-9-23)12-17(27)28/h1-3,15H,4-12H2,(H,27,28)(H,22,26,29). The normalized spacial score (nSPS) is 22.6. The predicted molar refractivity (Wildman–Crippen MR) is 107 cm³/mol. The number of hydrogen-bond donors (Lipinski definition) is 2. The molecule has 1 aromatic rings. The van der Waals surface area contributed by atoms with Crippen molar-refractivity contribution in [1.82, 2.24) is 20.0 Å². The maximum Gasteiger partial charge on any atom is 0.317 e. The summed E-state index contributed by atoms with van der Waals surface area (Å²) in [6.45, 7) is 3.51. The Morgan fingerprint density at radius 1 is 1.03 bits per heavy atom. The number of carboxylic acids is 1. The van der Waals surface area contributed by atoms with Crippen LogP contribution in [0.4, 0.5) is 0 Å². The zero-order valence-corrected chi connectivity index (χ0v) is 17.0. The van der Waals surface area contributed by atoms with Gasteiger partial charge in [0, 0.05) is 39.1 Å². The van der Waals surface area contributed by atoms with E-state index in [2.05, 4.69) is 10.2 Å². The van der Waals surface area contributed by atoms with Gasteiger partial charge in [0.25, 0.3) is 11.8 Å². The van der Waals surface area contributed by atoms with Crippen LogP contribution in [0.25, 0.3) is 0 Å². The van der Waals surface area contributed by atoms with E-state index in [1.165, 1.54) is 0 Å². The maximum absolute atomic E-state index is 13.1. The fraction of sp³-hybridized carbons (Fsp3) is 0.476. The quantitative estimate of drug-likeness (QED) is 0.572. The monoisotopic (exact) mass is 428 g/mol. The number of piperazine rings is 1. The number of carboxylic acid groups (broad SMARTS) is 1. The van der Waals surface area contributed by atoms with E-state index in [0.29, 0.717) is 37.2 Å². The third-order valence-electron chi connectivity index (χ3n) is 6.08. The summed E-state index contributed by atoms with van der Waals surface area (Å²) in [5.74, 6) is -2.85. The van der Waals surface area contributed by atoms with Crippen LogP contribution in [-0.2, 0) is 20.8 Å². The lowest BCUT2D eigenvalue weighted by Crippen LogP contribution is -2.54. The van der Waals surface area contributed by atoms with Crippen LogP contribution in [0.3, 0.4) is 0 Å². The predicted octanol–water partition coefficient (Wildman–Crippen LogP) is -0.667. The van der Waals surface area contributed by atoms with Gasteiger partial charge >= 0.3 is 5.97 Å². The van der Waals surface area contributed by atoms with Gasteiger partial charge in [-0.3, -0.25) is 39.1 Å². The zero-order valence-electron chi connectivity index (χ0n) is 17.0. The molecule has 0 bridgehead atoms. The van der Waals surface area contributed by atoms with Gasteiger partial charge in [-0.05, 0) is 24.5 Å². The molecule has 1 unspecified atom stereocenters. The van der Waals surface area contributed by atoms with E-state index in [-0.39, 0.29) is 19.4 Å². The molecule has 3 aliphatic heterocycles. The fourth-order valence-electron chi connectivity index (χ4n) is 4.43. The highest BCUT2D eigenvalue weighted by atomic mass is 16.4. The summed E-state index contributed by atoms with van der Waals surface area (Å²) in [4.78, 5) is 65.6. The lowest BCUT2D eigenvalue weighted by Gasteiger charge is -2.33. The van der Waals surface area contributed by atoms with Crippen molar-refractivity contribution in [3.8, 4) is 0 Å². The molecule has 0 aromatic heterocycles. The van der Waals surface area contributed by atoms with Crippen LogP contribution in [-0.4, -0.2) is 94.7 Å². The summed E-state index contributed by atoms with van der Waals surface area (Å²) in [7, 11) is 0. The Morgan fingerprint density at radius 3 is 2.42 bits per heavy atom. The van der Waals surface area contributed by atoms with Crippen LogP contribution in [0.1, 0.15) is 39.1 Å². The second-order valence-electron chi connectivity index (χ2n) is 8.05. The average molecular weight is 428 g/mol. The van der Waals surface area contributed by atoms with Gasteiger partial charge in [0.1, 0.15) is 6.04 Å². The van der Waals surface area contributed by atoms with E-state index in [9.17, 15) is 24.0 Å². The highest BCUT2D eigenvalue weighted by Gasteiger charge is 2.45. The summed E-state index contributed by atoms with van der Waals surface area (Å²) in [6.07, 6.45) is 0.779. The molecule has 31 heavy (non-hydrogen) atoms. The van der Waals surface area contributed by atoms with Crippen molar-refractivity contribution >= 4 is 29.6 Å². The van der Waals surface area contributed by atoms with Crippen LogP contribution in [0.5, 0.6) is 0 Å². The summed E-state index contributed by atoms with van der Waals surface area (Å²) < 4.78 is 0. The van der Waals surface area contributed by atoms with Crippen molar-refractivity contribution in [3.05, 3.63) is 34.9 Å². The van der Waals surface area contributed by atoms with Crippen molar-refractivity contribution in [2.45, 2.75) is 25.3 Å². The highest BCUT2D eigenvalue weighted by Crippen LogP contribution is 2.30. The molecule has 0 radical (unpaired) electrons. The number of benzene rings is 1. The van der Waals surface area contributed by atoms with Gasteiger partial charge in [-0.2, -0.15) is 0 Å². The van der Waals surface area contributed by atoms with Gasteiger partial charge in [0.05, 0.1) is 17.7 Å². The molecule has 2 N–H and O–H groups in total. The van der Waals surface area contributed by atoms with E-state index in [4.69, 9.17) is 5.11 Å². The fourth-order valence-corrected chi connectivity index (χ4v) is 4.43. The molecule has 1 atom stereocenters. The lowest BCUT2D eigenvalue weighted by atomic mass is 10.00. The van der Waals surface area contributed by atoms with Crippen molar-refractivity contribution < 1.29 is 29.1 Å². The van der Waals surface area contributed by atoms with Gasteiger partial charge in [0.15, 0.2) is 0 Å². The number of amides is 4. The second kappa shape index (κ2) is 8.56. The van der Waals surface area contributed by atoms with E-state index in [1.54, 1.807) is 12.1 Å². The van der Waals surface area contributed by atoms with Gasteiger partial charge in [-0.1, -0.05) is 12.1 Å². The molecular formula is C21H24N4O6. The number of carbonyl (C=O) groups is 5. The maximum atomic E-state index is 13.1. The second-order valence-corrected chi connectivity index (χ2v) is 8.05. The first-order chi connectivity index (χ1) is 14.8. The van der Waals surface area contributed by atoms with E-state index in [1.807, 2.05) is 11.0 Å². The van der Waals surface area contributed by atoms with Crippen LogP contribution in [0.15, 0.2) is 18.2 Å². The molecule has 0 saturated carbocycles. The molecule has 1 aromatic carbocycles. The van der Waals surface area contributed by atoms with Crippen molar-refractivity contribution in [2.24, 2.45) is 0 Å². The first-order valence-corrected chi connectivity index (χ1v) is 10.3. The highest BCUT2D eigenvalue weighted by molar-refractivity contribution is 6.24. The molecule has 2 saturated heterocycles. The minimum Gasteiger partial charge on any atom is -0.480 e. The Kier molecular flexibility index (Phi) is 5.84. The third-order valence-corrected chi connectivity index (χ3v) is 6.08. The zero-order chi connectivity index (χ0) is 22.1. The van der Waals surface area contributed by atoms with Crippen molar-refractivity contribution in [3.63, 3.8) is 0 Å². The van der Waals surface area contributed by atoms with Gasteiger partial charge in [-0.15, -0.1) is 0 Å². The number of hydrogen-bond acceptors (Lipinski definition) is 7. The van der Waals surface area contributed by atoms with E-state index < -0.39 is 35.6 Å². The molecule has 10 heteroatoms. The molecule has 4 amide bonds. The largest absolute Gasteiger partial charge is 0.480 e. The number of fused-ring (bicyclic) bond motifs is 1. The Morgan fingerprint density at radius 2 is 1.74 bits per heavy atom. The summed E-state index contributed by atoms with van der Waals surface area (Å²) in [5, 5.41) is 11.1. The first-order valence-electron chi connectivity index (χ1n) is 10.3. The van der Waals surface area contributed by atoms with E-state index >= 15 is 0 Å². The smallest absolute Gasteiger partial charge is 0.317 e. The topological polar surface area (TPSA) is 127 Å². The van der Waals surface area contributed by atoms with Crippen LogP contribution in [0, 0.1) is 0 Å². The first kappa shape index (κ1) is 21.1. The number of carbonyl (C=O) groups excluding carboxylic acids is 4. The van der Waals surface area contributed by atoms with Gasteiger partial charge < -0.3 is 10.0 Å². The number of aliphatic carboxylic acids is 1. The van der Waals surface area contributed by atoms with Crippen molar-refractivity contribution in [2.75, 3.05) is 39.3 Å². The van der Waals surface area contributed by atoms with E-state index in [0.717, 1.165) is 23.6 Å². The minimum atomic E-state index is -0.972. The number of nitrogens with zero attached hydrogens (tertiary/aromatic N) is 3. The lowest BCUT2D eigenvalue weighted by molar-refractivity contribution is -0.139. The molecule has 164 valence electrons. The molecule has 10 nitrogen and oxygen atoms in total. The molecule has 3 aliphatic rings. The molecule has 3 heterocycles. The summed E-state index contributed by atoms with van der Waals surface area (Å²) in [6, 6.07) is 4.17.